The number of carboxylic acid groups (broad SMARTS) is 1. The third kappa shape index (κ3) is 2.27. The van der Waals surface area contributed by atoms with Gasteiger partial charge in [0.1, 0.15) is 12.7 Å². The van der Waals surface area contributed by atoms with Crippen molar-refractivity contribution in [2.75, 3.05) is 13.6 Å². The molecule has 0 aliphatic carbocycles. The van der Waals surface area contributed by atoms with E-state index in [9.17, 15) is 9.59 Å². The van der Waals surface area contributed by atoms with E-state index in [2.05, 4.69) is 0 Å². The fourth-order valence-corrected chi connectivity index (χ4v) is 1.19. The second-order valence-corrected chi connectivity index (χ2v) is 3.23. The van der Waals surface area contributed by atoms with Crippen molar-refractivity contribution in [1.29, 1.82) is 0 Å². The number of nitrogens with two attached hydrogens (primary N) is 1. The number of likely N-dealkylation sites (N-methyl/N-ethyl adjacent to an activating group) is 1. The maximum atomic E-state index is 11.4. The molecule has 1 heterocycles. The van der Waals surface area contributed by atoms with E-state index < -0.39 is 17.8 Å². The number of hydrogen-bond donors (Lipinski definition) is 3. The first-order chi connectivity index (χ1) is 6.52. The number of aliphatic carboxylic acids is 1. The molecule has 4 N–H and O–H groups in total. The van der Waals surface area contributed by atoms with Gasteiger partial charge in [0.2, 0.25) is 0 Å². The molecule has 1 aliphatic rings. The van der Waals surface area contributed by atoms with Gasteiger partial charge in [-0.1, -0.05) is 0 Å². The third-order valence-corrected chi connectivity index (χ3v) is 1.97. The van der Waals surface area contributed by atoms with Crippen LogP contribution in [-0.2, 0) is 9.59 Å². The zero-order valence-corrected chi connectivity index (χ0v) is 7.86. The van der Waals surface area contributed by atoms with Gasteiger partial charge in [0.25, 0.3) is 0 Å². The zero-order valence-electron chi connectivity index (χ0n) is 7.86. The van der Waals surface area contributed by atoms with Gasteiger partial charge in [-0.25, -0.2) is 0 Å². The number of allylic oxidation sites excluding steroid dienone is 1. The fourth-order valence-electron chi connectivity index (χ4n) is 1.19. The van der Waals surface area contributed by atoms with Crippen LogP contribution in [-0.4, -0.2) is 36.5 Å². The monoisotopic (exact) mass is 197 g/mol. The molecule has 0 saturated heterocycles. The molecule has 5 heteroatoms. The van der Waals surface area contributed by atoms with Crippen LogP contribution < -0.4 is 10.6 Å². The number of rotatable bonds is 3. The molecule has 1 aliphatic heterocycles. The van der Waals surface area contributed by atoms with Crippen molar-refractivity contribution < 1.29 is 19.6 Å². The van der Waals surface area contributed by atoms with Crippen LogP contribution in [0.2, 0.25) is 0 Å². The first-order valence-corrected chi connectivity index (χ1v) is 4.25. The Bertz CT molecular complexity index is 320. The van der Waals surface area contributed by atoms with Gasteiger partial charge < -0.3 is 15.7 Å². The van der Waals surface area contributed by atoms with E-state index in [4.69, 9.17) is 10.8 Å². The fraction of sp³-hybridized carbons (Fsp3) is 0.333. The molecule has 0 aromatic heterocycles. The molecule has 1 rings (SSSR count). The molecular weight excluding hydrogens is 184 g/mol. The van der Waals surface area contributed by atoms with E-state index in [-0.39, 0.29) is 0 Å². The molecule has 0 aromatic carbocycles. The highest BCUT2D eigenvalue weighted by molar-refractivity contribution is 6.12. The molecule has 2 unspecified atom stereocenters. The van der Waals surface area contributed by atoms with Gasteiger partial charge in [0, 0.05) is 0 Å². The number of nitrogens with one attached hydrogen (secondary N) is 1. The number of quaternary nitrogens is 1. The Kier molecular flexibility index (Phi) is 3.16. The first kappa shape index (κ1) is 10.6. The Morgan fingerprint density at radius 1 is 1.64 bits per heavy atom. The maximum absolute atomic E-state index is 11.4. The Labute approximate surface area is 81.5 Å². The van der Waals surface area contributed by atoms with Crippen molar-refractivity contribution in [2.24, 2.45) is 5.73 Å². The van der Waals surface area contributed by atoms with Crippen molar-refractivity contribution in [3.05, 3.63) is 23.9 Å². The lowest BCUT2D eigenvalue weighted by Gasteiger charge is -2.13. The van der Waals surface area contributed by atoms with Crippen molar-refractivity contribution >= 4 is 11.8 Å². The smallest absolute Gasteiger partial charge is 0.328 e. The van der Waals surface area contributed by atoms with Crippen molar-refractivity contribution in [1.82, 2.24) is 0 Å². The average molecular weight is 197 g/mol. The van der Waals surface area contributed by atoms with Crippen molar-refractivity contribution in [3.8, 4) is 0 Å². The van der Waals surface area contributed by atoms with Crippen LogP contribution >= 0.6 is 0 Å². The second-order valence-electron chi connectivity index (χ2n) is 3.23. The number of carbonyl (C=O) groups is 2. The molecule has 0 aromatic rings. The summed E-state index contributed by atoms with van der Waals surface area (Å²) in [5, 5.41) is 8.55. The predicted octanol–water partition coefficient (Wildman–Crippen LogP) is -2.06. The molecular formula is C9H13N2O3+. The molecule has 2 atom stereocenters. The molecule has 0 radical (unpaired) electrons. The highest BCUT2D eigenvalue weighted by atomic mass is 16.4. The van der Waals surface area contributed by atoms with Crippen LogP contribution in [0, 0.1) is 0 Å². The Morgan fingerprint density at radius 3 is 2.79 bits per heavy atom. The molecule has 0 fully saturated rings. The van der Waals surface area contributed by atoms with Gasteiger partial charge >= 0.3 is 5.97 Å². The van der Waals surface area contributed by atoms with Crippen LogP contribution in [0.1, 0.15) is 0 Å². The van der Waals surface area contributed by atoms with Gasteiger partial charge in [-0.05, 0) is 12.2 Å². The van der Waals surface area contributed by atoms with E-state index in [1.165, 1.54) is 0 Å². The summed E-state index contributed by atoms with van der Waals surface area (Å²) in [6.45, 7) is 0.791. The summed E-state index contributed by atoms with van der Waals surface area (Å²) in [6, 6.07) is -1.46. The summed E-state index contributed by atoms with van der Waals surface area (Å²) in [6.07, 6.45) is 5.10. The minimum Gasteiger partial charge on any atom is -0.480 e. The van der Waals surface area contributed by atoms with Gasteiger partial charge in [0.05, 0.1) is 12.6 Å². The molecule has 0 amide bonds. The summed E-state index contributed by atoms with van der Waals surface area (Å²) < 4.78 is 0. The summed E-state index contributed by atoms with van der Waals surface area (Å²) in [5.74, 6) is -1.85. The normalized spacial score (nSPS) is 22.7. The molecule has 0 bridgehead atoms. The third-order valence-electron chi connectivity index (χ3n) is 1.97. The molecule has 0 saturated carbocycles. The lowest BCUT2D eigenvalue weighted by molar-refractivity contribution is -0.818. The van der Waals surface area contributed by atoms with E-state index in [0.29, 0.717) is 5.57 Å². The van der Waals surface area contributed by atoms with E-state index in [1.54, 1.807) is 12.3 Å². The topological polar surface area (TPSA) is 84.8 Å². The zero-order chi connectivity index (χ0) is 10.7. The molecule has 0 spiro atoms. The van der Waals surface area contributed by atoms with E-state index >= 15 is 0 Å². The summed E-state index contributed by atoms with van der Waals surface area (Å²) >= 11 is 0. The predicted molar refractivity (Wildman–Crippen MR) is 49.6 cm³/mol. The molecule has 14 heavy (non-hydrogen) atoms. The average Bonchev–Trinajstić information content (AvgIpc) is 2.15. The van der Waals surface area contributed by atoms with Gasteiger partial charge in [-0.3, -0.25) is 9.59 Å². The number of Topliss-reactive ketones (excluding diaryl/α,β-unsaturated/α-hetero) is 1. The number of ketones is 1. The Balaban J connectivity index is 2.79. The second kappa shape index (κ2) is 4.17. The minimum absolute atomic E-state index is 0.364. The van der Waals surface area contributed by atoms with Crippen LogP contribution in [0.5, 0.6) is 0 Å². The van der Waals surface area contributed by atoms with Crippen molar-refractivity contribution in [3.63, 3.8) is 0 Å². The quantitative estimate of drug-likeness (QED) is 0.454. The molecule has 5 nitrogen and oxygen atoms in total. The highest BCUT2D eigenvalue weighted by Gasteiger charge is 2.25. The van der Waals surface area contributed by atoms with E-state index in [0.717, 1.165) is 11.4 Å². The van der Waals surface area contributed by atoms with Crippen LogP contribution in [0.4, 0.5) is 0 Å². The number of carboxylic acids is 1. The largest absolute Gasteiger partial charge is 0.480 e. The number of hydrogen-bond acceptors (Lipinski definition) is 3. The minimum atomic E-state index is -1.46. The maximum Gasteiger partial charge on any atom is 0.328 e. The van der Waals surface area contributed by atoms with Crippen LogP contribution in [0.15, 0.2) is 23.9 Å². The van der Waals surface area contributed by atoms with Crippen LogP contribution in [0.3, 0.4) is 0 Å². The summed E-state index contributed by atoms with van der Waals surface area (Å²) in [5.41, 5.74) is 5.57. The standard InChI is InChI=1S/C9H12N2O3/c1-11-4-2-3-6(5-11)8(12)7(10)9(13)14/h2-3,5,7H,4,10H2,1H3,(H,13,14)/p+1. The van der Waals surface area contributed by atoms with Crippen LogP contribution in [0.25, 0.3) is 0 Å². The first-order valence-electron chi connectivity index (χ1n) is 4.25. The van der Waals surface area contributed by atoms with Gasteiger partial charge in [-0.15, -0.1) is 0 Å². The van der Waals surface area contributed by atoms with Gasteiger partial charge in [0.15, 0.2) is 11.8 Å². The lowest BCUT2D eigenvalue weighted by atomic mass is 10.0. The SMILES string of the molecule is C[NH+]1C=C(C(=O)C(N)C(=O)O)C=CC1. The summed E-state index contributed by atoms with van der Waals surface area (Å²) in [7, 11) is 1.88. The molecule has 76 valence electrons. The Hall–Kier alpha value is -1.46. The Morgan fingerprint density at radius 2 is 2.29 bits per heavy atom. The van der Waals surface area contributed by atoms with Crippen molar-refractivity contribution in [2.45, 2.75) is 6.04 Å². The lowest BCUT2D eigenvalue weighted by Crippen LogP contribution is -3.04. The van der Waals surface area contributed by atoms with Gasteiger partial charge in [-0.2, -0.15) is 0 Å². The van der Waals surface area contributed by atoms with E-state index in [1.807, 2.05) is 13.1 Å². The highest BCUT2D eigenvalue weighted by Crippen LogP contribution is 2.01. The summed E-state index contributed by atoms with van der Waals surface area (Å²) in [4.78, 5) is 22.9. The number of carbonyl (C=O) groups excluding carboxylic acids is 1.